The average Bonchev–Trinajstić information content (AvgIpc) is 2.05. The molecule has 0 atom stereocenters. The first-order valence-electron chi connectivity index (χ1n) is 3.08. The van der Waals surface area contributed by atoms with E-state index >= 15 is 0 Å². The zero-order chi connectivity index (χ0) is 8.27. The molecule has 2 N–H and O–H groups in total. The second kappa shape index (κ2) is 2.96. The van der Waals surface area contributed by atoms with E-state index in [0.717, 1.165) is 0 Å². The summed E-state index contributed by atoms with van der Waals surface area (Å²) in [6.07, 6.45) is 1.30. The van der Waals surface area contributed by atoms with Crippen LogP contribution in [-0.2, 0) is 0 Å². The second-order valence-electron chi connectivity index (χ2n) is 2.12. The number of anilines is 1. The number of hydrogen-bond acceptors (Lipinski definition) is 3. The molecule has 0 aromatic heterocycles. The number of hydrogen-bond donors (Lipinski definition) is 1. The van der Waals surface area contributed by atoms with Crippen LogP contribution in [0, 0.1) is 0 Å². The SMILES string of the molecule is Nc1ccc(C=O)cc1C=O. The highest BCUT2D eigenvalue weighted by atomic mass is 16.1. The fourth-order valence-electron chi connectivity index (χ4n) is 0.769. The van der Waals surface area contributed by atoms with Crippen LogP contribution in [-0.4, -0.2) is 12.6 Å². The lowest BCUT2D eigenvalue weighted by Gasteiger charge is -1.96. The van der Waals surface area contributed by atoms with Gasteiger partial charge in [0.25, 0.3) is 0 Å². The quantitative estimate of drug-likeness (QED) is 0.501. The number of aldehydes is 2. The van der Waals surface area contributed by atoms with Crippen molar-refractivity contribution in [2.75, 3.05) is 5.73 Å². The van der Waals surface area contributed by atoms with Gasteiger partial charge in [-0.25, -0.2) is 0 Å². The molecule has 0 amide bonds. The van der Waals surface area contributed by atoms with Crippen LogP contribution in [0.25, 0.3) is 0 Å². The van der Waals surface area contributed by atoms with Crippen molar-refractivity contribution in [1.29, 1.82) is 0 Å². The molecule has 0 saturated carbocycles. The predicted molar refractivity (Wildman–Crippen MR) is 41.6 cm³/mol. The topological polar surface area (TPSA) is 60.2 Å². The van der Waals surface area contributed by atoms with E-state index in [-0.39, 0.29) is 0 Å². The predicted octanol–water partition coefficient (Wildman–Crippen LogP) is 0.894. The minimum absolute atomic E-state index is 0.356. The highest BCUT2D eigenvalue weighted by Crippen LogP contribution is 2.09. The summed E-state index contributed by atoms with van der Waals surface area (Å²) in [5.74, 6) is 0. The van der Waals surface area contributed by atoms with Gasteiger partial charge in [0.2, 0.25) is 0 Å². The molecule has 0 heterocycles. The van der Waals surface area contributed by atoms with Gasteiger partial charge in [-0.3, -0.25) is 9.59 Å². The summed E-state index contributed by atoms with van der Waals surface area (Å²) in [6, 6.07) is 4.55. The minimum atomic E-state index is 0.356. The third-order valence-corrected chi connectivity index (χ3v) is 1.37. The maximum atomic E-state index is 10.3. The molecular weight excluding hydrogens is 142 g/mol. The maximum absolute atomic E-state index is 10.3. The van der Waals surface area contributed by atoms with Crippen LogP contribution < -0.4 is 5.73 Å². The van der Waals surface area contributed by atoms with Crippen molar-refractivity contribution in [3.05, 3.63) is 29.3 Å². The number of carbonyl (C=O) groups is 2. The lowest BCUT2D eigenvalue weighted by Crippen LogP contribution is -1.93. The number of carbonyl (C=O) groups excluding carboxylic acids is 2. The Labute approximate surface area is 63.8 Å². The van der Waals surface area contributed by atoms with E-state index in [0.29, 0.717) is 29.4 Å². The van der Waals surface area contributed by atoms with Crippen LogP contribution in [0.4, 0.5) is 5.69 Å². The van der Waals surface area contributed by atoms with E-state index in [1.54, 1.807) is 6.07 Å². The lowest BCUT2D eigenvalue weighted by molar-refractivity contribution is 0.112. The van der Waals surface area contributed by atoms with Crippen molar-refractivity contribution in [2.24, 2.45) is 0 Å². The first kappa shape index (κ1) is 7.47. The van der Waals surface area contributed by atoms with Crippen LogP contribution in [0.3, 0.4) is 0 Å². The van der Waals surface area contributed by atoms with Gasteiger partial charge in [0, 0.05) is 16.8 Å². The Morgan fingerprint density at radius 2 is 1.91 bits per heavy atom. The van der Waals surface area contributed by atoms with Gasteiger partial charge in [0.1, 0.15) is 6.29 Å². The van der Waals surface area contributed by atoms with Crippen LogP contribution in [0.15, 0.2) is 18.2 Å². The molecule has 0 aliphatic heterocycles. The van der Waals surface area contributed by atoms with Crippen LogP contribution >= 0.6 is 0 Å². The van der Waals surface area contributed by atoms with Gasteiger partial charge >= 0.3 is 0 Å². The summed E-state index contributed by atoms with van der Waals surface area (Å²) in [7, 11) is 0. The van der Waals surface area contributed by atoms with Crippen molar-refractivity contribution in [3.8, 4) is 0 Å². The third-order valence-electron chi connectivity index (χ3n) is 1.37. The van der Waals surface area contributed by atoms with E-state index in [4.69, 9.17) is 5.73 Å². The highest BCUT2D eigenvalue weighted by Gasteiger charge is 1.97. The molecule has 1 rings (SSSR count). The fraction of sp³-hybridized carbons (Fsp3) is 0. The molecule has 1 aromatic carbocycles. The Morgan fingerprint density at radius 3 is 2.45 bits per heavy atom. The largest absolute Gasteiger partial charge is 0.398 e. The molecule has 0 saturated heterocycles. The number of rotatable bonds is 2. The van der Waals surface area contributed by atoms with Gasteiger partial charge in [-0.05, 0) is 18.2 Å². The van der Waals surface area contributed by atoms with Crippen molar-refractivity contribution in [1.82, 2.24) is 0 Å². The van der Waals surface area contributed by atoms with Gasteiger partial charge in [-0.1, -0.05) is 0 Å². The average molecular weight is 149 g/mol. The van der Waals surface area contributed by atoms with E-state index in [2.05, 4.69) is 0 Å². The Balaban J connectivity index is 3.22. The molecule has 3 heteroatoms. The fourth-order valence-corrected chi connectivity index (χ4v) is 0.769. The zero-order valence-corrected chi connectivity index (χ0v) is 5.78. The third kappa shape index (κ3) is 1.43. The summed E-state index contributed by atoms with van der Waals surface area (Å²) < 4.78 is 0. The zero-order valence-electron chi connectivity index (χ0n) is 5.78. The molecule has 0 bridgehead atoms. The molecule has 0 fully saturated rings. The van der Waals surface area contributed by atoms with Gasteiger partial charge in [-0.2, -0.15) is 0 Å². The van der Waals surface area contributed by atoms with Gasteiger partial charge in [0.15, 0.2) is 6.29 Å². The highest BCUT2D eigenvalue weighted by molar-refractivity contribution is 5.87. The lowest BCUT2D eigenvalue weighted by atomic mass is 10.1. The van der Waals surface area contributed by atoms with E-state index in [1.807, 2.05) is 0 Å². The summed E-state index contributed by atoms with van der Waals surface area (Å²) in [4.78, 5) is 20.5. The molecule has 0 radical (unpaired) electrons. The molecule has 0 aliphatic rings. The standard InChI is InChI=1S/C8H7NO2/c9-8-2-1-6(4-10)3-7(8)5-11/h1-5H,9H2. The molecule has 11 heavy (non-hydrogen) atoms. The van der Waals surface area contributed by atoms with E-state index in [9.17, 15) is 9.59 Å². The Kier molecular flexibility index (Phi) is 2.01. The van der Waals surface area contributed by atoms with Crippen molar-refractivity contribution >= 4 is 18.3 Å². The van der Waals surface area contributed by atoms with Gasteiger partial charge < -0.3 is 5.73 Å². The van der Waals surface area contributed by atoms with Crippen LogP contribution in [0.2, 0.25) is 0 Å². The van der Waals surface area contributed by atoms with Crippen molar-refractivity contribution in [3.63, 3.8) is 0 Å². The smallest absolute Gasteiger partial charge is 0.152 e. The van der Waals surface area contributed by atoms with Gasteiger partial charge in [0.05, 0.1) is 0 Å². The molecular formula is C8H7NO2. The molecule has 0 spiro atoms. The maximum Gasteiger partial charge on any atom is 0.152 e. The van der Waals surface area contributed by atoms with Crippen molar-refractivity contribution in [2.45, 2.75) is 0 Å². The molecule has 1 aromatic rings. The van der Waals surface area contributed by atoms with Crippen LogP contribution in [0.5, 0.6) is 0 Å². The molecule has 0 unspecified atom stereocenters. The summed E-state index contributed by atoms with van der Waals surface area (Å²) in [5, 5.41) is 0. The summed E-state index contributed by atoms with van der Waals surface area (Å²) in [5.41, 5.74) is 6.62. The Bertz CT molecular complexity index is 294. The van der Waals surface area contributed by atoms with Crippen LogP contribution in [0.1, 0.15) is 20.7 Å². The first-order chi connectivity index (χ1) is 5.27. The van der Waals surface area contributed by atoms with Gasteiger partial charge in [-0.15, -0.1) is 0 Å². The first-order valence-corrected chi connectivity index (χ1v) is 3.08. The van der Waals surface area contributed by atoms with E-state index in [1.165, 1.54) is 12.1 Å². The Hall–Kier alpha value is -1.64. The molecule has 3 nitrogen and oxygen atoms in total. The number of nitrogen functional groups attached to an aromatic ring is 1. The van der Waals surface area contributed by atoms with Crippen molar-refractivity contribution < 1.29 is 9.59 Å². The Morgan fingerprint density at radius 1 is 1.18 bits per heavy atom. The summed E-state index contributed by atoms with van der Waals surface area (Å²) >= 11 is 0. The normalized spacial score (nSPS) is 9.09. The molecule has 0 aliphatic carbocycles. The second-order valence-corrected chi connectivity index (χ2v) is 2.12. The molecule has 56 valence electrons. The number of nitrogens with two attached hydrogens (primary N) is 1. The van der Waals surface area contributed by atoms with E-state index < -0.39 is 0 Å². The summed E-state index contributed by atoms with van der Waals surface area (Å²) in [6.45, 7) is 0. The monoisotopic (exact) mass is 149 g/mol. The number of benzene rings is 1. The minimum Gasteiger partial charge on any atom is -0.398 e.